The molecule has 1 nitrogen and oxygen atoms in total. The van der Waals surface area contributed by atoms with Crippen LogP contribution in [-0.2, 0) is 0 Å². The number of allylic oxidation sites excluding steroid dienone is 2. The molecular formula is C9H9NS. The van der Waals surface area contributed by atoms with E-state index in [1.807, 2.05) is 6.92 Å². The minimum absolute atomic E-state index is 1.00. The van der Waals surface area contributed by atoms with Crippen LogP contribution in [0.1, 0.15) is 18.9 Å². The highest BCUT2D eigenvalue weighted by molar-refractivity contribution is 7.08. The lowest BCUT2D eigenvalue weighted by atomic mass is 10.2. The average Bonchev–Trinajstić information content (AvgIpc) is 2.55. The zero-order valence-corrected chi connectivity index (χ0v) is 7.19. The minimum atomic E-state index is 1.00. The van der Waals surface area contributed by atoms with Crippen molar-refractivity contribution >= 4 is 17.0 Å². The van der Waals surface area contributed by atoms with Crippen LogP contribution in [0.25, 0.3) is 0 Å². The van der Waals surface area contributed by atoms with Crippen LogP contribution in [0.5, 0.6) is 0 Å². The molecule has 0 unspecified atom stereocenters. The van der Waals surface area contributed by atoms with Crippen LogP contribution in [0, 0.1) is 0 Å². The zero-order chi connectivity index (χ0) is 7.68. The summed E-state index contributed by atoms with van der Waals surface area (Å²) in [6.45, 7) is 2.04. The molecule has 0 aromatic carbocycles. The topological polar surface area (TPSA) is 12.4 Å². The first-order valence-corrected chi connectivity index (χ1v) is 4.57. The van der Waals surface area contributed by atoms with Gasteiger partial charge in [-0.15, -0.1) is 0 Å². The van der Waals surface area contributed by atoms with E-state index in [-0.39, 0.29) is 0 Å². The van der Waals surface area contributed by atoms with Gasteiger partial charge >= 0.3 is 0 Å². The van der Waals surface area contributed by atoms with Crippen LogP contribution in [-0.4, -0.2) is 5.71 Å². The summed E-state index contributed by atoms with van der Waals surface area (Å²) in [7, 11) is 0. The molecule has 2 heteroatoms. The van der Waals surface area contributed by atoms with Crippen LogP contribution in [0.15, 0.2) is 33.6 Å². The minimum Gasteiger partial charge on any atom is -0.258 e. The Morgan fingerprint density at radius 2 is 2.45 bits per heavy atom. The van der Waals surface area contributed by atoms with Crippen LogP contribution in [0.3, 0.4) is 0 Å². The third-order valence-corrected chi connectivity index (χ3v) is 2.44. The summed E-state index contributed by atoms with van der Waals surface area (Å²) < 4.78 is 0. The lowest BCUT2D eigenvalue weighted by molar-refractivity contribution is 1.33. The fourth-order valence-corrected chi connectivity index (χ4v) is 1.82. The predicted octanol–water partition coefficient (Wildman–Crippen LogP) is 2.84. The van der Waals surface area contributed by atoms with Gasteiger partial charge in [0, 0.05) is 17.7 Å². The third kappa shape index (κ3) is 1.26. The lowest BCUT2D eigenvalue weighted by Crippen LogP contribution is -1.92. The van der Waals surface area contributed by atoms with Crippen molar-refractivity contribution in [3.63, 3.8) is 0 Å². The maximum atomic E-state index is 4.42. The molecule has 1 aliphatic rings. The Kier molecular flexibility index (Phi) is 1.62. The maximum absolute atomic E-state index is 4.42. The van der Waals surface area contributed by atoms with Gasteiger partial charge < -0.3 is 0 Å². The smallest absolute Gasteiger partial charge is 0.0525 e. The summed E-state index contributed by atoms with van der Waals surface area (Å²) in [6, 6.07) is 2.12. The molecule has 0 spiro atoms. The van der Waals surface area contributed by atoms with E-state index in [0.717, 1.165) is 12.1 Å². The molecule has 0 bridgehead atoms. The van der Waals surface area contributed by atoms with Crippen molar-refractivity contribution in [2.75, 3.05) is 0 Å². The quantitative estimate of drug-likeness (QED) is 0.603. The van der Waals surface area contributed by atoms with Gasteiger partial charge in [0.05, 0.1) is 5.71 Å². The first-order valence-electron chi connectivity index (χ1n) is 3.63. The van der Waals surface area contributed by atoms with Gasteiger partial charge in [-0.2, -0.15) is 11.3 Å². The molecule has 1 aliphatic heterocycles. The van der Waals surface area contributed by atoms with E-state index in [9.17, 15) is 0 Å². The van der Waals surface area contributed by atoms with E-state index in [1.54, 1.807) is 11.3 Å². The Labute approximate surface area is 70.1 Å². The molecule has 0 atom stereocenters. The monoisotopic (exact) mass is 163 g/mol. The Bertz CT molecular complexity index is 306. The molecule has 56 valence electrons. The van der Waals surface area contributed by atoms with E-state index >= 15 is 0 Å². The van der Waals surface area contributed by atoms with Crippen molar-refractivity contribution in [2.24, 2.45) is 4.99 Å². The van der Waals surface area contributed by atoms with Crippen molar-refractivity contribution in [2.45, 2.75) is 13.3 Å². The third-order valence-electron chi connectivity index (χ3n) is 1.76. The normalized spacial score (nSPS) is 16.5. The number of nitrogens with zero attached hydrogens (tertiary/aromatic N) is 1. The second-order valence-electron chi connectivity index (χ2n) is 2.62. The first-order chi connectivity index (χ1) is 5.36. The lowest BCUT2D eigenvalue weighted by Gasteiger charge is -1.92. The molecule has 2 heterocycles. The summed E-state index contributed by atoms with van der Waals surface area (Å²) in [6.07, 6.45) is 3.16. The number of thiophene rings is 1. The van der Waals surface area contributed by atoms with Gasteiger partial charge in [-0.1, -0.05) is 6.08 Å². The number of aliphatic imine (C=N–C) groups is 1. The van der Waals surface area contributed by atoms with Crippen molar-refractivity contribution in [3.05, 3.63) is 34.2 Å². The standard InChI is InChI=1S/C9H9NS/c1-7-2-3-9(10-7)8-4-5-11-6-8/h2,4-6H,3H2,1H3. The number of hydrogen-bond donors (Lipinski definition) is 0. The van der Waals surface area contributed by atoms with E-state index < -0.39 is 0 Å². The first kappa shape index (κ1) is 6.80. The molecule has 1 aromatic rings. The summed E-state index contributed by atoms with van der Waals surface area (Å²) in [4.78, 5) is 4.42. The highest BCUT2D eigenvalue weighted by Gasteiger charge is 2.07. The fourth-order valence-electron chi connectivity index (χ4n) is 1.16. The molecule has 0 saturated heterocycles. The van der Waals surface area contributed by atoms with Gasteiger partial charge in [0.15, 0.2) is 0 Å². The molecule has 0 radical (unpaired) electrons. The number of rotatable bonds is 1. The largest absolute Gasteiger partial charge is 0.258 e. The molecule has 0 fully saturated rings. The SMILES string of the molecule is CC1=CCC(c2ccsc2)=N1. The van der Waals surface area contributed by atoms with Crippen LogP contribution in [0.2, 0.25) is 0 Å². The Balaban J connectivity index is 2.28. The van der Waals surface area contributed by atoms with Gasteiger partial charge in [0.2, 0.25) is 0 Å². The fraction of sp³-hybridized carbons (Fsp3) is 0.222. The van der Waals surface area contributed by atoms with Gasteiger partial charge in [-0.3, -0.25) is 4.99 Å². The molecule has 0 N–H and O–H groups in total. The van der Waals surface area contributed by atoms with Crippen molar-refractivity contribution in [3.8, 4) is 0 Å². The average molecular weight is 163 g/mol. The molecule has 2 rings (SSSR count). The Morgan fingerprint density at radius 3 is 3.00 bits per heavy atom. The van der Waals surface area contributed by atoms with Crippen LogP contribution in [0.4, 0.5) is 0 Å². The van der Waals surface area contributed by atoms with Gasteiger partial charge in [0.25, 0.3) is 0 Å². The maximum Gasteiger partial charge on any atom is 0.0525 e. The van der Waals surface area contributed by atoms with Gasteiger partial charge in [0.1, 0.15) is 0 Å². The summed E-state index contributed by atoms with van der Waals surface area (Å²) in [5.41, 5.74) is 3.64. The second-order valence-corrected chi connectivity index (χ2v) is 3.40. The molecule has 11 heavy (non-hydrogen) atoms. The predicted molar refractivity (Wildman–Crippen MR) is 49.2 cm³/mol. The molecule has 0 aliphatic carbocycles. The molecule has 1 aromatic heterocycles. The highest BCUT2D eigenvalue weighted by Crippen LogP contribution is 2.17. The van der Waals surface area contributed by atoms with Crippen molar-refractivity contribution in [1.82, 2.24) is 0 Å². The van der Waals surface area contributed by atoms with Crippen molar-refractivity contribution in [1.29, 1.82) is 0 Å². The summed E-state index contributed by atoms with van der Waals surface area (Å²) in [5.74, 6) is 0. The van der Waals surface area contributed by atoms with E-state index in [0.29, 0.717) is 0 Å². The molecule has 0 saturated carbocycles. The summed E-state index contributed by atoms with van der Waals surface area (Å²) >= 11 is 1.72. The summed E-state index contributed by atoms with van der Waals surface area (Å²) in [5, 5.41) is 4.23. The van der Waals surface area contributed by atoms with Crippen molar-refractivity contribution < 1.29 is 0 Å². The zero-order valence-electron chi connectivity index (χ0n) is 6.37. The van der Waals surface area contributed by atoms with Gasteiger partial charge in [-0.05, 0) is 23.8 Å². The van der Waals surface area contributed by atoms with Crippen LogP contribution < -0.4 is 0 Å². The highest BCUT2D eigenvalue weighted by atomic mass is 32.1. The van der Waals surface area contributed by atoms with E-state index in [1.165, 1.54) is 11.3 Å². The Hall–Kier alpha value is -0.890. The molecule has 0 amide bonds. The van der Waals surface area contributed by atoms with Crippen LogP contribution >= 0.6 is 11.3 Å². The van der Waals surface area contributed by atoms with Gasteiger partial charge in [-0.25, -0.2) is 0 Å². The van der Waals surface area contributed by atoms with E-state index in [4.69, 9.17) is 0 Å². The second kappa shape index (κ2) is 2.62. The molecular weight excluding hydrogens is 154 g/mol. The Morgan fingerprint density at radius 1 is 1.55 bits per heavy atom. The van der Waals surface area contributed by atoms with E-state index in [2.05, 4.69) is 27.9 Å². The number of hydrogen-bond acceptors (Lipinski definition) is 2.